The third kappa shape index (κ3) is 6.71. The minimum absolute atomic E-state index is 0.0870. The fraction of sp³-hybridized carbons (Fsp3) is 0.442. The molecule has 0 bridgehead atoms. The molecule has 1 unspecified atom stereocenters. The first-order chi connectivity index (χ1) is 27.1. The summed E-state index contributed by atoms with van der Waals surface area (Å²) in [5, 5.41) is 2.66. The van der Waals surface area contributed by atoms with Crippen LogP contribution in [0.5, 0.6) is 5.75 Å². The summed E-state index contributed by atoms with van der Waals surface area (Å²) in [6.45, 7) is 12.9. The zero-order valence-corrected chi connectivity index (χ0v) is 31.9. The van der Waals surface area contributed by atoms with Crippen LogP contribution in [0.1, 0.15) is 93.6 Å². The molecule has 13 heteroatoms. The van der Waals surface area contributed by atoms with Crippen molar-refractivity contribution in [1.29, 1.82) is 0 Å². The van der Waals surface area contributed by atoms with Crippen LogP contribution in [0.2, 0.25) is 5.02 Å². The number of nitrogens with one attached hydrogen (secondary N) is 1. The van der Waals surface area contributed by atoms with Crippen molar-refractivity contribution in [2.45, 2.75) is 76.6 Å². The van der Waals surface area contributed by atoms with Crippen LogP contribution in [-0.2, 0) is 22.7 Å². The van der Waals surface area contributed by atoms with Gasteiger partial charge in [-0.25, -0.2) is 4.85 Å². The molecule has 1 saturated carbocycles. The zero-order chi connectivity index (χ0) is 38.7. The number of amides is 5. The van der Waals surface area contributed by atoms with E-state index in [0.717, 1.165) is 98.5 Å². The summed E-state index contributed by atoms with van der Waals surface area (Å²) in [5.41, 5.74) is 5.27. The number of benzene rings is 3. The SMILES string of the molecule is [C-]#[N+]c1ccc(OC2CC3(CCN(C(=O)c4ccc(N5CCC(CN6Cc7cc8c(cc7C6)C(=O)N(C6CCC(=O)NC6=O)C8=O)CC5)cc4)CC3)C2)cc1Cl. The Kier molecular flexibility index (Phi) is 9.33. The minimum Gasteiger partial charge on any atom is -0.490 e. The van der Waals surface area contributed by atoms with Gasteiger partial charge in [-0.05, 0) is 116 Å². The predicted molar refractivity (Wildman–Crippen MR) is 208 cm³/mol. The number of halogens is 1. The van der Waals surface area contributed by atoms with Crippen molar-refractivity contribution in [3.63, 3.8) is 0 Å². The van der Waals surface area contributed by atoms with E-state index in [1.54, 1.807) is 18.2 Å². The van der Waals surface area contributed by atoms with Crippen molar-refractivity contribution in [2.24, 2.45) is 11.3 Å². The number of carbonyl (C=O) groups excluding carboxylic acids is 5. The zero-order valence-electron chi connectivity index (χ0n) is 31.1. The van der Waals surface area contributed by atoms with Crippen LogP contribution in [0.15, 0.2) is 54.6 Å². The molecule has 12 nitrogen and oxygen atoms in total. The lowest BCUT2D eigenvalue weighted by atomic mass is 9.61. The number of piperidine rings is 3. The molecular weight excluding hydrogens is 732 g/mol. The summed E-state index contributed by atoms with van der Waals surface area (Å²) in [6.07, 6.45) is 6.35. The molecule has 9 rings (SSSR count). The van der Waals surface area contributed by atoms with Gasteiger partial charge in [0.1, 0.15) is 11.8 Å². The van der Waals surface area contributed by atoms with Gasteiger partial charge in [0.2, 0.25) is 17.5 Å². The Bertz CT molecular complexity index is 2130. The van der Waals surface area contributed by atoms with E-state index in [1.165, 1.54) is 0 Å². The van der Waals surface area contributed by atoms with Gasteiger partial charge in [-0.1, -0.05) is 17.7 Å². The van der Waals surface area contributed by atoms with E-state index in [4.69, 9.17) is 22.9 Å². The van der Waals surface area contributed by atoms with E-state index in [0.29, 0.717) is 46.6 Å². The first-order valence-electron chi connectivity index (χ1n) is 19.6. The maximum Gasteiger partial charge on any atom is 0.262 e. The van der Waals surface area contributed by atoms with Gasteiger partial charge in [-0.3, -0.25) is 39.1 Å². The maximum atomic E-state index is 13.5. The van der Waals surface area contributed by atoms with Crippen LogP contribution in [0.25, 0.3) is 4.85 Å². The molecule has 3 aromatic carbocycles. The van der Waals surface area contributed by atoms with E-state index >= 15 is 0 Å². The molecule has 1 aliphatic carbocycles. The number of likely N-dealkylation sites (tertiary alicyclic amines) is 1. The molecule has 5 amide bonds. The molecule has 3 saturated heterocycles. The number of hydrogen-bond donors (Lipinski definition) is 1. The molecular formula is C43H43ClN6O6. The number of ether oxygens (including phenoxy) is 1. The van der Waals surface area contributed by atoms with Crippen molar-refractivity contribution in [1.82, 2.24) is 20.0 Å². The van der Waals surface area contributed by atoms with E-state index in [2.05, 4.69) is 32.1 Å². The number of nitrogens with zero attached hydrogens (tertiary/aromatic N) is 5. The van der Waals surface area contributed by atoms with Crippen LogP contribution in [-0.4, -0.2) is 89.1 Å². The summed E-state index contributed by atoms with van der Waals surface area (Å²) in [5.74, 6) is -0.602. The van der Waals surface area contributed by atoms with E-state index in [9.17, 15) is 24.0 Å². The fourth-order valence-corrected chi connectivity index (χ4v) is 9.94. The second-order valence-corrected chi connectivity index (χ2v) is 16.8. The van der Waals surface area contributed by atoms with Gasteiger partial charge in [0.05, 0.1) is 28.8 Å². The van der Waals surface area contributed by atoms with Gasteiger partial charge in [-0.2, -0.15) is 0 Å². The number of imide groups is 2. The lowest BCUT2D eigenvalue weighted by molar-refractivity contribution is -0.136. The fourth-order valence-electron chi connectivity index (χ4n) is 9.73. The highest BCUT2D eigenvalue weighted by molar-refractivity contribution is 6.33. The third-order valence-electron chi connectivity index (χ3n) is 12.9. The summed E-state index contributed by atoms with van der Waals surface area (Å²) in [7, 11) is 0. The number of hydrogen-bond acceptors (Lipinski definition) is 8. The van der Waals surface area contributed by atoms with Gasteiger partial charge < -0.3 is 14.5 Å². The number of rotatable bonds is 7. The smallest absolute Gasteiger partial charge is 0.262 e. The van der Waals surface area contributed by atoms with Crippen molar-refractivity contribution in [3.8, 4) is 5.75 Å². The molecule has 5 heterocycles. The molecule has 5 aliphatic heterocycles. The highest BCUT2D eigenvalue weighted by Gasteiger charge is 2.48. The highest BCUT2D eigenvalue weighted by Crippen LogP contribution is 2.51. The van der Waals surface area contributed by atoms with Crippen molar-refractivity contribution in [2.75, 3.05) is 37.6 Å². The minimum atomic E-state index is -0.959. The average Bonchev–Trinajstić information content (AvgIpc) is 3.69. The molecule has 4 fully saturated rings. The first kappa shape index (κ1) is 36.4. The molecule has 1 spiro atoms. The molecule has 0 aromatic heterocycles. The van der Waals surface area contributed by atoms with Crippen molar-refractivity contribution < 1.29 is 28.7 Å². The highest BCUT2D eigenvalue weighted by atomic mass is 35.5. The Labute approximate surface area is 330 Å². The number of anilines is 1. The quantitative estimate of drug-likeness (QED) is 0.230. The summed E-state index contributed by atoms with van der Waals surface area (Å²) < 4.78 is 6.14. The van der Waals surface area contributed by atoms with Gasteiger partial charge in [-0.15, -0.1) is 0 Å². The molecule has 0 radical (unpaired) electrons. The van der Waals surface area contributed by atoms with Gasteiger partial charge in [0.25, 0.3) is 17.7 Å². The van der Waals surface area contributed by atoms with Crippen molar-refractivity contribution >= 4 is 52.5 Å². The lowest BCUT2D eigenvalue weighted by Crippen LogP contribution is -2.54. The molecule has 1 atom stereocenters. The lowest BCUT2D eigenvalue weighted by Gasteiger charge is -2.51. The Morgan fingerprint density at radius 1 is 0.875 bits per heavy atom. The maximum absolute atomic E-state index is 13.5. The largest absolute Gasteiger partial charge is 0.490 e. The van der Waals surface area contributed by atoms with Gasteiger partial charge >= 0.3 is 0 Å². The molecule has 3 aromatic rings. The Balaban J connectivity index is 0.723. The Morgan fingerprint density at radius 2 is 1.54 bits per heavy atom. The molecule has 56 heavy (non-hydrogen) atoms. The first-order valence-corrected chi connectivity index (χ1v) is 20.0. The summed E-state index contributed by atoms with van der Waals surface area (Å²) in [6, 6.07) is 16.0. The average molecular weight is 775 g/mol. The predicted octanol–water partition coefficient (Wildman–Crippen LogP) is 5.99. The van der Waals surface area contributed by atoms with E-state index in [-0.39, 0.29) is 36.2 Å². The van der Waals surface area contributed by atoms with E-state index in [1.807, 2.05) is 29.2 Å². The summed E-state index contributed by atoms with van der Waals surface area (Å²) in [4.78, 5) is 75.3. The summed E-state index contributed by atoms with van der Waals surface area (Å²) >= 11 is 6.18. The number of fused-ring (bicyclic) bond motifs is 2. The van der Waals surface area contributed by atoms with Crippen LogP contribution in [0.4, 0.5) is 11.4 Å². The Morgan fingerprint density at radius 3 is 2.14 bits per heavy atom. The molecule has 1 N–H and O–H groups in total. The normalized spacial score (nSPS) is 22.5. The molecule has 6 aliphatic rings. The van der Waals surface area contributed by atoms with Gasteiger partial charge in [0, 0.05) is 63.5 Å². The van der Waals surface area contributed by atoms with Crippen LogP contribution in [0, 0.1) is 17.9 Å². The van der Waals surface area contributed by atoms with Gasteiger partial charge in [0.15, 0.2) is 0 Å². The second-order valence-electron chi connectivity index (χ2n) is 16.4. The van der Waals surface area contributed by atoms with Crippen LogP contribution < -0.4 is 15.0 Å². The van der Waals surface area contributed by atoms with E-state index < -0.39 is 23.8 Å². The topological polar surface area (TPSA) is 124 Å². The standard InChI is InChI=1S/C43H43ClN6O6/c1-45-36-7-6-31(20-35(36)44)56-32-21-43(22-32)12-16-49(17-13-43)40(53)27-2-4-30(5-3-27)48-14-10-26(11-15-48)23-47-24-28-18-33-34(19-29(28)25-47)42(55)50(41(33)54)37-8-9-38(51)46-39(37)52/h2-7,18-20,26,32,37H,8-17,21-25H2,(H,46,51,52). The second kappa shape index (κ2) is 14.4. The third-order valence-corrected chi connectivity index (χ3v) is 13.2. The number of carbonyl (C=O) groups is 5. The monoisotopic (exact) mass is 774 g/mol. The van der Waals surface area contributed by atoms with Crippen LogP contribution in [0.3, 0.4) is 0 Å². The molecule has 288 valence electrons. The van der Waals surface area contributed by atoms with Crippen LogP contribution >= 0.6 is 11.6 Å². The Hall–Kier alpha value is -5.25. The van der Waals surface area contributed by atoms with Crippen molar-refractivity contribution in [3.05, 3.63) is 98.9 Å².